The summed E-state index contributed by atoms with van der Waals surface area (Å²) in [5, 5.41) is 15.5. The predicted octanol–water partition coefficient (Wildman–Crippen LogP) is 3.24. The minimum Gasteiger partial charge on any atom is -0.391 e. The van der Waals surface area contributed by atoms with Crippen LogP contribution in [0.25, 0.3) is 5.65 Å². The molecule has 0 bridgehead atoms. The average molecular weight is 357 g/mol. The van der Waals surface area contributed by atoms with E-state index in [0.29, 0.717) is 6.54 Å². The first-order chi connectivity index (χ1) is 12.1. The van der Waals surface area contributed by atoms with Gasteiger partial charge in [0.2, 0.25) is 0 Å². The molecule has 1 fully saturated rings. The number of aliphatic hydroxyl groups is 1. The van der Waals surface area contributed by atoms with Gasteiger partial charge in [-0.15, -0.1) is 0 Å². The molecule has 5 nitrogen and oxygen atoms in total. The number of nitrogens with zero attached hydrogens (tertiary/aromatic N) is 4. The van der Waals surface area contributed by atoms with Crippen molar-refractivity contribution >= 4 is 23.1 Å². The number of piperidine rings is 1. The van der Waals surface area contributed by atoms with Crippen LogP contribution >= 0.6 is 11.6 Å². The zero-order valence-electron chi connectivity index (χ0n) is 14.2. The molecule has 3 aromatic rings. The summed E-state index contributed by atoms with van der Waals surface area (Å²) >= 11 is 5.96. The van der Waals surface area contributed by atoms with Gasteiger partial charge in [-0.3, -0.25) is 0 Å². The van der Waals surface area contributed by atoms with Crippen molar-refractivity contribution in [1.82, 2.24) is 14.6 Å². The minimum atomic E-state index is -0.277. The monoisotopic (exact) mass is 356 g/mol. The van der Waals surface area contributed by atoms with Crippen LogP contribution in [0.3, 0.4) is 0 Å². The lowest BCUT2D eigenvalue weighted by atomic mass is 10.1. The van der Waals surface area contributed by atoms with Crippen molar-refractivity contribution in [2.24, 2.45) is 0 Å². The number of anilines is 1. The predicted molar refractivity (Wildman–Crippen MR) is 99.4 cm³/mol. The maximum Gasteiger partial charge on any atom is 0.157 e. The largest absolute Gasteiger partial charge is 0.391 e. The molecule has 0 amide bonds. The van der Waals surface area contributed by atoms with Gasteiger partial charge in [0.25, 0.3) is 0 Å². The van der Waals surface area contributed by atoms with Crippen molar-refractivity contribution < 1.29 is 5.11 Å². The molecular weight excluding hydrogens is 336 g/mol. The first kappa shape index (κ1) is 16.4. The third kappa shape index (κ3) is 3.48. The van der Waals surface area contributed by atoms with E-state index in [4.69, 9.17) is 16.7 Å². The van der Waals surface area contributed by atoms with Crippen LogP contribution in [-0.4, -0.2) is 38.9 Å². The number of fused-ring (bicyclic) bond motifs is 1. The Morgan fingerprint density at radius 2 is 2.04 bits per heavy atom. The van der Waals surface area contributed by atoms with Crippen LogP contribution < -0.4 is 4.90 Å². The maximum atomic E-state index is 10.0. The number of halogens is 1. The molecule has 1 aliphatic rings. The number of hydrogen-bond acceptors (Lipinski definition) is 4. The van der Waals surface area contributed by atoms with Gasteiger partial charge in [0.15, 0.2) is 5.65 Å². The molecule has 0 unspecified atom stereocenters. The van der Waals surface area contributed by atoms with Crippen molar-refractivity contribution in [2.45, 2.75) is 32.3 Å². The van der Waals surface area contributed by atoms with Gasteiger partial charge in [-0.05, 0) is 37.5 Å². The molecule has 6 heteroatoms. The first-order valence-corrected chi connectivity index (χ1v) is 9.00. The highest BCUT2D eigenvalue weighted by Gasteiger charge is 2.21. The molecule has 1 aromatic carbocycles. The number of rotatable bonds is 3. The molecule has 0 aliphatic carbocycles. The second-order valence-corrected chi connectivity index (χ2v) is 7.14. The standard InChI is InChI=1S/C19H21ClN4O/c1-13-9-19(23-8-2-3-17(25)12-23)24-18(21-13)11-16(22-24)10-14-4-6-15(20)7-5-14/h4-7,9,11,17,25H,2-3,8,10,12H2,1H3/t17-/m1/s1. The quantitative estimate of drug-likeness (QED) is 0.782. The minimum absolute atomic E-state index is 0.277. The second-order valence-electron chi connectivity index (χ2n) is 6.71. The normalized spacial score (nSPS) is 18.0. The van der Waals surface area contributed by atoms with Gasteiger partial charge in [-0.25, -0.2) is 4.98 Å². The molecule has 4 rings (SSSR count). The van der Waals surface area contributed by atoms with Gasteiger partial charge < -0.3 is 10.0 Å². The zero-order valence-corrected chi connectivity index (χ0v) is 14.9. The van der Waals surface area contributed by atoms with Crippen molar-refractivity contribution in [3.63, 3.8) is 0 Å². The molecule has 25 heavy (non-hydrogen) atoms. The highest BCUT2D eigenvalue weighted by atomic mass is 35.5. The van der Waals surface area contributed by atoms with E-state index in [1.807, 2.05) is 47.8 Å². The third-order valence-corrected chi connectivity index (χ3v) is 4.86. The number of aryl methyl sites for hydroxylation is 1. The fourth-order valence-corrected chi connectivity index (χ4v) is 3.54. The van der Waals surface area contributed by atoms with E-state index in [9.17, 15) is 5.11 Å². The molecule has 0 radical (unpaired) electrons. The highest BCUT2D eigenvalue weighted by Crippen LogP contribution is 2.23. The van der Waals surface area contributed by atoms with Crippen LogP contribution in [0.1, 0.15) is 29.8 Å². The molecule has 130 valence electrons. The summed E-state index contributed by atoms with van der Waals surface area (Å²) < 4.78 is 1.90. The van der Waals surface area contributed by atoms with Gasteiger partial charge in [0.1, 0.15) is 5.82 Å². The molecule has 0 saturated carbocycles. The maximum absolute atomic E-state index is 10.0. The van der Waals surface area contributed by atoms with Gasteiger partial charge >= 0.3 is 0 Å². The Hall–Kier alpha value is -2.11. The van der Waals surface area contributed by atoms with E-state index in [-0.39, 0.29) is 6.10 Å². The Morgan fingerprint density at radius 1 is 1.24 bits per heavy atom. The van der Waals surface area contributed by atoms with E-state index >= 15 is 0 Å². The van der Waals surface area contributed by atoms with Crippen LogP contribution in [0, 0.1) is 6.92 Å². The summed E-state index contributed by atoms with van der Waals surface area (Å²) in [4.78, 5) is 6.82. The van der Waals surface area contributed by atoms with Crippen LogP contribution in [0.15, 0.2) is 36.4 Å². The lowest BCUT2D eigenvalue weighted by Crippen LogP contribution is -2.39. The SMILES string of the molecule is Cc1cc(N2CCC[C@@H](O)C2)n2nc(Cc3ccc(Cl)cc3)cc2n1. The van der Waals surface area contributed by atoms with E-state index in [0.717, 1.165) is 53.7 Å². The Bertz CT molecular complexity index is 890. The lowest BCUT2D eigenvalue weighted by Gasteiger charge is -2.32. The average Bonchev–Trinajstić information content (AvgIpc) is 2.98. The third-order valence-electron chi connectivity index (χ3n) is 4.61. The molecule has 1 aliphatic heterocycles. The first-order valence-electron chi connectivity index (χ1n) is 8.62. The second kappa shape index (κ2) is 6.65. The van der Waals surface area contributed by atoms with E-state index in [2.05, 4.69) is 9.88 Å². The van der Waals surface area contributed by atoms with E-state index < -0.39 is 0 Å². The fraction of sp³-hybridized carbons (Fsp3) is 0.368. The molecule has 2 aromatic heterocycles. The number of aromatic nitrogens is 3. The van der Waals surface area contributed by atoms with Crippen molar-refractivity contribution in [2.75, 3.05) is 18.0 Å². The van der Waals surface area contributed by atoms with Gasteiger partial charge in [-0.2, -0.15) is 9.61 Å². The Balaban J connectivity index is 1.69. The number of hydrogen-bond donors (Lipinski definition) is 1. The zero-order chi connectivity index (χ0) is 17.4. The lowest BCUT2D eigenvalue weighted by molar-refractivity contribution is 0.153. The summed E-state index contributed by atoms with van der Waals surface area (Å²) in [6.45, 7) is 3.57. The Labute approximate surface area is 151 Å². The van der Waals surface area contributed by atoms with E-state index in [1.54, 1.807) is 0 Å². The summed E-state index contributed by atoms with van der Waals surface area (Å²) in [6, 6.07) is 11.9. The number of β-amino-alcohol motifs (C(OH)–C–C–N with tert-alkyl or cyclic N) is 1. The summed E-state index contributed by atoms with van der Waals surface area (Å²) in [6.07, 6.45) is 2.32. The summed E-state index contributed by atoms with van der Waals surface area (Å²) in [7, 11) is 0. The highest BCUT2D eigenvalue weighted by molar-refractivity contribution is 6.30. The topological polar surface area (TPSA) is 53.7 Å². The Kier molecular flexibility index (Phi) is 4.36. The van der Waals surface area contributed by atoms with Crippen LogP contribution in [-0.2, 0) is 6.42 Å². The molecular formula is C19H21ClN4O. The van der Waals surface area contributed by atoms with Crippen LogP contribution in [0.5, 0.6) is 0 Å². The van der Waals surface area contributed by atoms with Crippen LogP contribution in [0.4, 0.5) is 5.82 Å². The van der Waals surface area contributed by atoms with Crippen molar-refractivity contribution in [3.05, 3.63) is 58.4 Å². The summed E-state index contributed by atoms with van der Waals surface area (Å²) in [5.74, 6) is 1.00. The van der Waals surface area contributed by atoms with Crippen molar-refractivity contribution in [3.8, 4) is 0 Å². The number of aliphatic hydroxyl groups excluding tert-OH is 1. The molecule has 0 spiro atoms. The van der Waals surface area contributed by atoms with Gasteiger partial charge in [0.05, 0.1) is 11.8 Å². The molecule has 1 atom stereocenters. The Morgan fingerprint density at radius 3 is 2.80 bits per heavy atom. The molecule has 1 N–H and O–H groups in total. The summed E-state index contributed by atoms with van der Waals surface area (Å²) in [5.41, 5.74) is 3.94. The smallest absolute Gasteiger partial charge is 0.157 e. The van der Waals surface area contributed by atoms with Crippen LogP contribution in [0.2, 0.25) is 5.02 Å². The van der Waals surface area contributed by atoms with Gasteiger partial charge in [0, 0.05) is 42.4 Å². The molecule has 1 saturated heterocycles. The van der Waals surface area contributed by atoms with Gasteiger partial charge in [-0.1, -0.05) is 23.7 Å². The molecule has 3 heterocycles. The number of benzene rings is 1. The van der Waals surface area contributed by atoms with Crippen molar-refractivity contribution in [1.29, 1.82) is 0 Å². The fourth-order valence-electron chi connectivity index (χ4n) is 3.41. The van der Waals surface area contributed by atoms with E-state index in [1.165, 1.54) is 5.56 Å².